The largest absolute Gasteiger partial charge is 0.489 e. The first-order valence-corrected chi connectivity index (χ1v) is 12.9. The number of halogens is 1. The van der Waals surface area contributed by atoms with Crippen LogP contribution < -0.4 is 10.3 Å². The van der Waals surface area contributed by atoms with Crippen LogP contribution in [0.5, 0.6) is 5.75 Å². The first-order chi connectivity index (χ1) is 17.1. The summed E-state index contributed by atoms with van der Waals surface area (Å²) >= 11 is 3.47. The summed E-state index contributed by atoms with van der Waals surface area (Å²) in [6, 6.07) is 21.7. The van der Waals surface area contributed by atoms with Crippen LogP contribution in [0.4, 0.5) is 0 Å². The van der Waals surface area contributed by atoms with E-state index in [0.29, 0.717) is 12.0 Å². The molecule has 0 spiro atoms. The Kier molecular flexibility index (Phi) is 7.09. The van der Waals surface area contributed by atoms with Gasteiger partial charge in [0.25, 0.3) is 5.56 Å². The molecule has 5 nitrogen and oxygen atoms in total. The second-order valence-corrected chi connectivity index (χ2v) is 10.1. The lowest BCUT2D eigenvalue weighted by Gasteiger charge is -2.22. The Hall–Kier alpha value is -3.25. The molecule has 0 bridgehead atoms. The normalized spacial score (nSPS) is 14.6. The molecule has 0 radical (unpaired) electrons. The third-order valence-electron chi connectivity index (χ3n) is 6.53. The van der Waals surface area contributed by atoms with Gasteiger partial charge < -0.3 is 4.74 Å². The van der Waals surface area contributed by atoms with Gasteiger partial charge in [0.1, 0.15) is 18.2 Å². The zero-order chi connectivity index (χ0) is 24.2. The van der Waals surface area contributed by atoms with Crippen molar-refractivity contribution < 1.29 is 4.74 Å². The van der Waals surface area contributed by atoms with Crippen LogP contribution in [0.25, 0.3) is 10.9 Å². The number of fused-ring (bicyclic) bond motifs is 1. The summed E-state index contributed by atoms with van der Waals surface area (Å²) in [6.07, 6.45) is 7.36. The third-order valence-corrected chi connectivity index (χ3v) is 7.03. The predicted octanol–water partition coefficient (Wildman–Crippen LogP) is 6.98. The van der Waals surface area contributed by atoms with E-state index in [1.165, 1.54) is 16.7 Å². The summed E-state index contributed by atoms with van der Waals surface area (Å²) in [5.41, 5.74) is 3.85. The number of benzene rings is 3. The summed E-state index contributed by atoms with van der Waals surface area (Å²) in [5, 5.41) is 5.19. The van der Waals surface area contributed by atoms with Gasteiger partial charge in [0.15, 0.2) is 0 Å². The van der Waals surface area contributed by atoms with Crippen molar-refractivity contribution in [2.45, 2.75) is 51.6 Å². The highest BCUT2D eigenvalue weighted by Crippen LogP contribution is 2.32. The van der Waals surface area contributed by atoms with Crippen LogP contribution in [0.3, 0.4) is 0 Å². The summed E-state index contributed by atoms with van der Waals surface area (Å²) in [7, 11) is 0. The van der Waals surface area contributed by atoms with Crippen molar-refractivity contribution in [1.29, 1.82) is 0 Å². The molecule has 0 atom stereocenters. The fourth-order valence-corrected chi connectivity index (χ4v) is 4.89. The van der Waals surface area contributed by atoms with Crippen molar-refractivity contribution >= 4 is 33.0 Å². The molecule has 4 aromatic rings. The zero-order valence-electron chi connectivity index (χ0n) is 19.8. The monoisotopic (exact) mass is 529 g/mol. The van der Waals surface area contributed by atoms with Gasteiger partial charge in [-0.05, 0) is 73.4 Å². The van der Waals surface area contributed by atoms with Crippen molar-refractivity contribution in [2.75, 3.05) is 0 Å². The molecule has 0 aliphatic heterocycles. The van der Waals surface area contributed by atoms with Crippen LogP contribution in [-0.4, -0.2) is 15.9 Å². The number of ether oxygens (including phenoxy) is 1. The molecular weight excluding hydrogens is 502 g/mol. The fourth-order valence-electron chi connectivity index (χ4n) is 4.53. The third kappa shape index (κ3) is 5.54. The van der Waals surface area contributed by atoms with Crippen LogP contribution in [0.2, 0.25) is 0 Å². The van der Waals surface area contributed by atoms with Gasteiger partial charge in [-0.1, -0.05) is 65.0 Å². The van der Waals surface area contributed by atoms with Gasteiger partial charge in [-0.3, -0.25) is 4.79 Å². The van der Waals surface area contributed by atoms with Crippen LogP contribution in [-0.2, 0) is 6.61 Å². The quantitative estimate of drug-likeness (QED) is 0.253. The van der Waals surface area contributed by atoms with Crippen molar-refractivity contribution in [3.63, 3.8) is 0 Å². The molecule has 0 N–H and O–H groups in total. The zero-order valence-corrected chi connectivity index (χ0v) is 21.4. The highest BCUT2D eigenvalue weighted by atomic mass is 79.9. The Morgan fingerprint density at radius 2 is 1.77 bits per heavy atom. The standard InChI is InChI=1S/C29H28BrN3O2/c1-20-7-9-22(10-8-20)19-35-25-14-11-21(12-15-25)18-31-33-28(23-5-3-2-4-6-23)32-27-16-13-24(30)17-26(27)29(33)34/h7-18,23H,2-6,19H2,1H3. The molecule has 3 aromatic carbocycles. The Morgan fingerprint density at radius 1 is 1.03 bits per heavy atom. The molecule has 1 fully saturated rings. The minimum atomic E-state index is -0.133. The van der Waals surface area contributed by atoms with Gasteiger partial charge in [-0.2, -0.15) is 9.78 Å². The van der Waals surface area contributed by atoms with E-state index in [-0.39, 0.29) is 11.5 Å². The average Bonchev–Trinajstić information content (AvgIpc) is 2.89. The van der Waals surface area contributed by atoms with E-state index in [0.717, 1.165) is 58.4 Å². The minimum absolute atomic E-state index is 0.133. The maximum Gasteiger partial charge on any atom is 0.282 e. The van der Waals surface area contributed by atoms with E-state index in [1.807, 2.05) is 42.5 Å². The summed E-state index contributed by atoms with van der Waals surface area (Å²) in [6.45, 7) is 2.59. The Bertz CT molecular complexity index is 1400. The van der Waals surface area contributed by atoms with E-state index in [4.69, 9.17) is 9.72 Å². The Morgan fingerprint density at radius 3 is 2.51 bits per heavy atom. The topological polar surface area (TPSA) is 56.5 Å². The lowest BCUT2D eigenvalue weighted by atomic mass is 9.88. The molecule has 1 aliphatic rings. The first-order valence-electron chi connectivity index (χ1n) is 12.1. The molecule has 5 rings (SSSR count). The van der Waals surface area contributed by atoms with Crippen molar-refractivity contribution in [3.8, 4) is 5.75 Å². The number of hydrogen-bond acceptors (Lipinski definition) is 4. The second kappa shape index (κ2) is 10.6. The van der Waals surface area contributed by atoms with Gasteiger partial charge in [-0.15, -0.1) is 0 Å². The predicted molar refractivity (Wildman–Crippen MR) is 144 cm³/mol. The molecule has 0 unspecified atom stereocenters. The van der Waals surface area contributed by atoms with Crippen molar-refractivity contribution in [3.05, 3.63) is 104 Å². The molecule has 1 saturated carbocycles. The smallest absolute Gasteiger partial charge is 0.282 e. The Balaban J connectivity index is 1.40. The number of aromatic nitrogens is 2. The molecule has 6 heteroatoms. The lowest BCUT2D eigenvalue weighted by molar-refractivity contribution is 0.306. The van der Waals surface area contributed by atoms with Gasteiger partial charge in [0.2, 0.25) is 0 Å². The SMILES string of the molecule is Cc1ccc(COc2ccc(C=Nn3c(C4CCCCC4)nc4ccc(Br)cc4c3=O)cc2)cc1. The van der Waals surface area contributed by atoms with Crippen molar-refractivity contribution in [2.24, 2.45) is 5.10 Å². The van der Waals surface area contributed by atoms with E-state index in [9.17, 15) is 4.79 Å². The van der Waals surface area contributed by atoms with E-state index in [1.54, 1.807) is 6.21 Å². The molecule has 35 heavy (non-hydrogen) atoms. The Labute approximate surface area is 213 Å². The molecule has 1 aromatic heterocycles. The molecule has 178 valence electrons. The molecule has 0 amide bonds. The molecule has 0 saturated heterocycles. The summed E-state index contributed by atoms with van der Waals surface area (Å²) in [5.74, 6) is 1.80. The van der Waals surface area contributed by atoms with Crippen LogP contribution in [0, 0.1) is 6.92 Å². The average molecular weight is 530 g/mol. The summed E-state index contributed by atoms with van der Waals surface area (Å²) < 4.78 is 8.27. The minimum Gasteiger partial charge on any atom is -0.489 e. The van der Waals surface area contributed by atoms with Crippen molar-refractivity contribution in [1.82, 2.24) is 9.66 Å². The summed E-state index contributed by atoms with van der Waals surface area (Å²) in [4.78, 5) is 18.3. The van der Waals surface area contributed by atoms with Crippen LogP contribution >= 0.6 is 15.9 Å². The van der Waals surface area contributed by atoms with Gasteiger partial charge in [-0.25, -0.2) is 4.98 Å². The molecular formula is C29H28BrN3O2. The maximum absolute atomic E-state index is 13.4. The number of nitrogens with zero attached hydrogens (tertiary/aromatic N) is 3. The van der Waals surface area contributed by atoms with E-state index >= 15 is 0 Å². The number of aryl methyl sites for hydroxylation is 1. The molecule has 1 aliphatic carbocycles. The fraction of sp³-hybridized carbons (Fsp3) is 0.276. The molecule has 1 heterocycles. The van der Waals surface area contributed by atoms with Gasteiger partial charge >= 0.3 is 0 Å². The van der Waals surface area contributed by atoms with Crippen LogP contribution in [0.1, 0.15) is 60.5 Å². The van der Waals surface area contributed by atoms with Gasteiger partial charge in [0, 0.05) is 10.4 Å². The van der Waals surface area contributed by atoms with Crippen LogP contribution in [0.15, 0.2) is 81.1 Å². The highest BCUT2D eigenvalue weighted by Gasteiger charge is 2.22. The maximum atomic E-state index is 13.4. The number of rotatable bonds is 6. The highest BCUT2D eigenvalue weighted by molar-refractivity contribution is 9.10. The first kappa shape index (κ1) is 23.5. The number of hydrogen-bond donors (Lipinski definition) is 0. The van der Waals surface area contributed by atoms with Gasteiger partial charge in [0.05, 0.1) is 17.1 Å². The second-order valence-electron chi connectivity index (χ2n) is 9.17. The van der Waals surface area contributed by atoms with E-state index < -0.39 is 0 Å². The van der Waals surface area contributed by atoms with E-state index in [2.05, 4.69) is 52.2 Å². The lowest BCUT2D eigenvalue weighted by Crippen LogP contribution is -2.25.